The first-order valence-electron chi connectivity index (χ1n) is 11.4. The molecule has 0 saturated carbocycles. The maximum Gasteiger partial charge on any atom is 0.257 e. The van der Waals surface area contributed by atoms with Crippen molar-refractivity contribution in [2.45, 2.75) is 6.92 Å². The Bertz CT molecular complexity index is 1770. The molecule has 174 valence electrons. The predicted molar refractivity (Wildman–Crippen MR) is 138 cm³/mol. The summed E-state index contributed by atoms with van der Waals surface area (Å²) in [6, 6.07) is 25.6. The third-order valence-electron chi connectivity index (χ3n) is 6.13. The molecule has 3 aromatic carbocycles. The van der Waals surface area contributed by atoms with Gasteiger partial charge in [-0.2, -0.15) is 5.10 Å². The van der Waals surface area contributed by atoms with E-state index in [1.807, 2.05) is 54.6 Å². The fourth-order valence-electron chi connectivity index (χ4n) is 4.39. The van der Waals surface area contributed by atoms with Crippen molar-refractivity contribution in [2.24, 2.45) is 0 Å². The number of amides is 1. The maximum atomic E-state index is 14.0. The van der Waals surface area contributed by atoms with Gasteiger partial charge in [-0.3, -0.25) is 4.79 Å². The zero-order valence-electron chi connectivity index (χ0n) is 19.3. The first-order chi connectivity index (χ1) is 17.6. The highest BCUT2D eigenvalue weighted by Gasteiger charge is 2.19. The van der Waals surface area contributed by atoms with Crippen LogP contribution in [0.1, 0.15) is 15.9 Å². The number of hydrogen-bond donors (Lipinski definition) is 1. The smallest absolute Gasteiger partial charge is 0.257 e. The van der Waals surface area contributed by atoms with Crippen LogP contribution in [0.2, 0.25) is 0 Å². The Morgan fingerprint density at radius 1 is 0.889 bits per heavy atom. The zero-order chi connectivity index (χ0) is 24.6. The highest BCUT2D eigenvalue weighted by atomic mass is 19.1. The molecule has 36 heavy (non-hydrogen) atoms. The first kappa shape index (κ1) is 21.6. The fourth-order valence-corrected chi connectivity index (χ4v) is 4.39. The van der Waals surface area contributed by atoms with Crippen LogP contribution in [0.25, 0.3) is 38.9 Å². The normalized spacial score (nSPS) is 11.2. The summed E-state index contributed by atoms with van der Waals surface area (Å²) in [6.45, 7) is 1.72. The molecule has 6 rings (SSSR count). The van der Waals surface area contributed by atoms with Gasteiger partial charge in [0.2, 0.25) is 0 Å². The lowest BCUT2D eigenvalue weighted by atomic mass is 10.0. The van der Waals surface area contributed by atoms with Crippen molar-refractivity contribution in [3.05, 3.63) is 114 Å². The van der Waals surface area contributed by atoms with Gasteiger partial charge in [0.05, 0.1) is 5.69 Å². The molecule has 0 aliphatic rings. The number of hydrogen-bond acceptors (Lipinski definition) is 4. The lowest BCUT2D eigenvalue weighted by Gasteiger charge is -2.10. The maximum absolute atomic E-state index is 14.0. The monoisotopic (exact) mass is 473 g/mol. The Hall–Kier alpha value is -4.91. The minimum atomic E-state index is -0.274. The topological polar surface area (TPSA) is 72.2 Å². The number of halogens is 1. The summed E-state index contributed by atoms with van der Waals surface area (Å²) < 4.78 is 15.7. The molecule has 1 amide bonds. The molecule has 0 aliphatic carbocycles. The Morgan fingerprint density at radius 2 is 1.75 bits per heavy atom. The zero-order valence-corrected chi connectivity index (χ0v) is 19.3. The molecule has 7 heteroatoms. The van der Waals surface area contributed by atoms with Gasteiger partial charge in [-0.15, -0.1) is 0 Å². The summed E-state index contributed by atoms with van der Waals surface area (Å²) >= 11 is 0. The van der Waals surface area contributed by atoms with Crippen molar-refractivity contribution in [2.75, 3.05) is 5.32 Å². The van der Waals surface area contributed by atoms with Gasteiger partial charge in [-0.05, 0) is 71.8 Å². The van der Waals surface area contributed by atoms with Crippen molar-refractivity contribution >= 4 is 28.1 Å². The van der Waals surface area contributed by atoms with Crippen LogP contribution in [0, 0.1) is 12.7 Å². The second-order valence-corrected chi connectivity index (χ2v) is 8.48. The van der Waals surface area contributed by atoms with Crippen LogP contribution in [-0.2, 0) is 0 Å². The molecule has 6 nitrogen and oxygen atoms in total. The number of pyridine rings is 1. The molecule has 3 heterocycles. The molecular weight excluding hydrogens is 453 g/mol. The van der Waals surface area contributed by atoms with Crippen LogP contribution in [0.4, 0.5) is 10.2 Å². The fraction of sp³-hybridized carbons (Fsp3) is 0.0345. The Kier molecular flexibility index (Phi) is 5.22. The van der Waals surface area contributed by atoms with Crippen LogP contribution in [0.5, 0.6) is 0 Å². The van der Waals surface area contributed by atoms with Crippen molar-refractivity contribution < 1.29 is 9.18 Å². The number of aromatic nitrogens is 4. The molecule has 0 fully saturated rings. The predicted octanol–water partition coefficient (Wildman–Crippen LogP) is 6.31. The molecule has 0 radical (unpaired) electrons. The van der Waals surface area contributed by atoms with E-state index >= 15 is 0 Å². The van der Waals surface area contributed by atoms with E-state index in [0.29, 0.717) is 28.3 Å². The van der Waals surface area contributed by atoms with Gasteiger partial charge >= 0.3 is 0 Å². The summed E-state index contributed by atoms with van der Waals surface area (Å²) in [4.78, 5) is 22.3. The Labute approximate surface area is 206 Å². The highest BCUT2D eigenvalue weighted by Crippen LogP contribution is 2.33. The van der Waals surface area contributed by atoms with Gasteiger partial charge in [0.25, 0.3) is 5.91 Å². The van der Waals surface area contributed by atoms with E-state index in [-0.39, 0.29) is 11.7 Å². The molecule has 0 saturated heterocycles. The molecule has 0 spiro atoms. The van der Waals surface area contributed by atoms with Crippen LogP contribution in [0.15, 0.2) is 97.3 Å². The summed E-state index contributed by atoms with van der Waals surface area (Å²) in [5.74, 6) is -0.121. The molecule has 6 aromatic rings. The molecule has 0 unspecified atom stereocenters. The quantitative estimate of drug-likeness (QED) is 0.326. The second-order valence-electron chi connectivity index (χ2n) is 8.48. The summed E-state index contributed by atoms with van der Waals surface area (Å²) in [5, 5.41) is 9.27. The van der Waals surface area contributed by atoms with Crippen molar-refractivity contribution in [1.82, 2.24) is 19.6 Å². The number of carbonyl (C=O) groups is 1. The number of nitrogens with zero attached hydrogens (tertiary/aromatic N) is 4. The minimum absolute atomic E-state index is 0.248. The SMILES string of the molecule is Cc1cc(-c2nc3cccnn3c2-c2ccnc(NC(=O)c3cccc4ccccc34)c2)ccc1F. The van der Waals surface area contributed by atoms with Crippen molar-refractivity contribution in [3.63, 3.8) is 0 Å². The average molecular weight is 474 g/mol. The first-order valence-corrected chi connectivity index (χ1v) is 11.4. The van der Waals surface area contributed by atoms with Gasteiger partial charge < -0.3 is 5.32 Å². The number of carbonyl (C=O) groups excluding carboxylic acids is 1. The molecule has 0 aliphatic heterocycles. The average Bonchev–Trinajstić information content (AvgIpc) is 3.30. The van der Waals surface area contributed by atoms with E-state index in [4.69, 9.17) is 4.98 Å². The van der Waals surface area contributed by atoms with E-state index in [1.54, 1.807) is 48.1 Å². The molecular formula is C29H20FN5O. The summed E-state index contributed by atoms with van der Waals surface area (Å²) in [5.41, 5.74) is 4.67. The lowest BCUT2D eigenvalue weighted by Crippen LogP contribution is -2.13. The van der Waals surface area contributed by atoms with Crippen LogP contribution in [0.3, 0.4) is 0 Å². The number of fused-ring (bicyclic) bond motifs is 2. The van der Waals surface area contributed by atoms with Crippen LogP contribution < -0.4 is 5.32 Å². The number of aryl methyl sites for hydroxylation is 1. The van der Waals surface area contributed by atoms with E-state index in [9.17, 15) is 9.18 Å². The van der Waals surface area contributed by atoms with E-state index in [1.165, 1.54) is 6.07 Å². The van der Waals surface area contributed by atoms with Gasteiger partial charge in [0.1, 0.15) is 17.3 Å². The Morgan fingerprint density at radius 3 is 2.64 bits per heavy atom. The standard InChI is InChI=1S/C29H20FN5O/c1-18-16-20(11-12-24(18)30)27-28(35-26(34-27)10-5-14-32-35)21-13-15-31-25(17-21)33-29(36)23-9-4-7-19-6-2-3-8-22(19)23/h2-17H,1H3,(H,31,33,36). The van der Waals surface area contributed by atoms with Crippen molar-refractivity contribution in [3.8, 4) is 22.5 Å². The molecule has 0 bridgehead atoms. The number of benzene rings is 3. The summed E-state index contributed by atoms with van der Waals surface area (Å²) in [6.07, 6.45) is 3.32. The largest absolute Gasteiger partial charge is 0.307 e. The highest BCUT2D eigenvalue weighted by molar-refractivity contribution is 6.12. The molecule has 3 aromatic heterocycles. The van der Waals surface area contributed by atoms with Gasteiger partial charge in [0.15, 0.2) is 5.65 Å². The minimum Gasteiger partial charge on any atom is -0.307 e. The number of anilines is 1. The number of nitrogens with one attached hydrogen (secondary N) is 1. The number of imidazole rings is 1. The Balaban J connectivity index is 1.43. The summed E-state index contributed by atoms with van der Waals surface area (Å²) in [7, 11) is 0. The third-order valence-corrected chi connectivity index (χ3v) is 6.13. The van der Waals surface area contributed by atoms with Gasteiger partial charge in [0, 0.05) is 29.1 Å². The van der Waals surface area contributed by atoms with E-state index < -0.39 is 0 Å². The molecule has 0 atom stereocenters. The lowest BCUT2D eigenvalue weighted by molar-refractivity contribution is 0.102. The van der Waals surface area contributed by atoms with Crippen LogP contribution in [-0.4, -0.2) is 25.5 Å². The third kappa shape index (κ3) is 3.76. The van der Waals surface area contributed by atoms with E-state index in [2.05, 4.69) is 15.4 Å². The van der Waals surface area contributed by atoms with Crippen molar-refractivity contribution in [1.29, 1.82) is 0 Å². The number of rotatable bonds is 4. The molecule has 1 N–H and O–H groups in total. The second kappa shape index (κ2) is 8.70. The van der Waals surface area contributed by atoms with Crippen LogP contribution >= 0.6 is 0 Å². The van der Waals surface area contributed by atoms with E-state index in [0.717, 1.165) is 27.6 Å². The van der Waals surface area contributed by atoms with Gasteiger partial charge in [-0.25, -0.2) is 18.9 Å². The van der Waals surface area contributed by atoms with Gasteiger partial charge in [-0.1, -0.05) is 36.4 Å².